The molecule has 0 aromatic heterocycles. The largest absolute Gasteiger partial charge is 0.496 e. The van der Waals surface area contributed by atoms with Gasteiger partial charge in [-0.25, -0.2) is 0 Å². The zero-order valence-corrected chi connectivity index (χ0v) is 11.1. The van der Waals surface area contributed by atoms with Crippen molar-refractivity contribution >= 4 is 5.78 Å². The summed E-state index contributed by atoms with van der Waals surface area (Å²) in [6.45, 7) is 4.15. The molecular weight excluding hydrogens is 212 g/mol. The molecule has 0 atom stereocenters. The molecule has 94 valence electrons. The summed E-state index contributed by atoms with van der Waals surface area (Å²) in [6.07, 6.45) is 5.19. The minimum Gasteiger partial charge on any atom is -0.496 e. The fourth-order valence-corrected chi connectivity index (χ4v) is 1.85. The van der Waals surface area contributed by atoms with Crippen LogP contribution in [0.2, 0.25) is 0 Å². The first kappa shape index (κ1) is 13.8. The summed E-state index contributed by atoms with van der Waals surface area (Å²) in [5.41, 5.74) is 1.83. The van der Waals surface area contributed by atoms with Crippen molar-refractivity contribution in [1.82, 2.24) is 0 Å². The number of carbonyl (C=O) groups is 1. The molecule has 0 aliphatic rings. The molecule has 0 N–H and O–H groups in total. The van der Waals surface area contributed by atoms with Gasteiger partial charge in [-0.3, -0.25) is 4.79 Å². The zero-order chi connectivity index (χ0) is 12.7. The third-order valence-electron chi connectivity index (χ3n) is 2.99. The zero-order valence-electron chi connectivity index (χ0n) is 11.1. The molecule has 1 aromatic carbocycles. The molecule has 0 spiro atoms. The normalized spacial score (nSPS) is 10.3. The number of carbonyl (C=O) groups excluding carboxylic acids is 1. The molecule has 2 heteroatoms. The smallest absolute Gasteiger partial charge is 0.163 e. The lowest BCUT2D eigenvalue weighted by Gasteiger charge is -2.07. The molecule has 2 nitrogen and oxygen atoms in total. The van der Waals surface area contributed by atoms with Crippen molar-refractivity contribution in [2.45, 2.75) is 46.0 Å². The van der Waals surface area contributed by atoms with E-state index in [1.54, 1.807) is 7.11 Å². The predicted octanol–water partition coefficient (Wildman–Crippen LogP) is 4.16. The number of Topliss-reactive ketones (excluding diaryl/α,β-unsaturated/α-hetero) is 1. The first-order valence-electron chi connectivity index (χ1n) is 6.37. The molecule has 0 saturated carbocycles. The Morgan fingerprint density at radius 3 is 2.65 bits per heavy atom. The van der Waals surface area contributed by atoms with E-state index >= 15 is 0 Å². The van der Waals surface area contributed by atoms with Crippen LogP contribution in [0.25, 0.3) is 0 Å². The topological polar surface area (TPSA) is 26.3 Å². The highest BCUT2D eigenvalue weighted by atomic mass is 16.5. The number of aryl methyl sites for hydroxylation is 1. The average Bonchev–Trinajstić information content (AvgIpc) is 2.35. The number of methoxy groups -OCH3 is 1. The van der Waals surface area contributed by atoms with Gasteiger partial charge in [0, 0.05) is 12.0 Å². The average molecular weight is 234 g/mol. The Hall–Kier alpha value is -1.31. The lowest BCUT2D eigenvalue weighted by Crippen LogP contribution is -2.00. The maximum Gasteiger partial charge on any atom is 0.163 e. The Kier molecular flexibility index (Phi) is 5.75. The molecule has 0 heterocycles. The summed E-state index contributed by atoms with van der Waals surface area (Å²) < 4.78 is 5.23. The molecule has 0 amide bonds. The van der Waals surface area contributed by atoms with E-state index in [1.807, 2.05) is 25.1 Å². The van der Waals surface area contributed by atoms with Crippen LogP contribution in [-0.4, -0.2) is 12.9 Å². The van der Waals surface area contributed by atoms with Crippen LogP contribution in [-0.2, 0) is 0 Å². The van der Waals surface area contributed by atoms with E-state index in [0.29, 0.717) is 6.42 Å². The van der Waals surface area contributed by atoms with E-state index in [0.717, 1.165) is 29.7 Å². The number of hydrogen-bond acceptors (Lipinski definition) is 2. The highest BCUT2D eigenvalue weighted by molar-refractivity contribution is 5.96. The van der Waals surface area contributed by atoms with Gasteiger partial charge in [0.1, 0.15) is 5.75 Å². The molecule has 0 unspecified atom stereocenters. The second-order valence-electron chi connectivity index (χ2n) is 4.42. The van der Waals surface area contributed by atoms with Crippen LogP contribution in [0.4, 0.5) is 0 Å². The molecule has 0 fully saturated rings. The maximum atomic E-state index is 11.9. The molecule has 0 bridgehead atoms. The summed E-state index contributed by atoms with van der Waals surface area (Å²) in [4.78, 5) is 11.9. The minimum absolute atomic E-state index is 0.222. The van der Waals surface area contributed by atoms with Crippen molar-refractivity contribution in [1.29, 1.82) is 0 Å². The highest BCUT2D eigenvalue weighted by Crippen LogP contribution is 2.20. The summed E-state index contributed by atoms with van der Waals surface area (Å²) >= 11 is 0. The summed E-state index contributed by atoms with van der Waals surface area (Å²) in [7, 11) is 1.64. The molecule has 0 aliphatic carbocycles. The number of unbranched alkanes of at least 4 members (excludes halogenated alkanes) is 3. The third kappa shape index (κ3) is 4.22. The van der Waals surface area contributed by atoms with Gasteiger partial charge in [-0.2, -0.15) is 0 Å². The van der Waals surface area contributed by atoms with Gasteiger partial charge in [0.25, 0.3) is 0 Å². The first-order chi connectivity index (χ1) is 8.19. The predicted molar refractivity (Wildman–Crippen MR) is 70.8 cm³/mol. The molecule has 0 saturated heterocycles. The fourth-order valence-electron chi connectivity index (χ4n) is 1.85. The number of ether oxygens (including phenoxy) is 1. The van der Waals surface area contributed by atoms with Gasteiger partial charge in [-0.15, -0.1) is 0 Å². The van der Waals surface area contributed by atoms with Crippen LogP contribution in [0.3, 0.4) is 0 Å². The number of rotatable bonds is 7. The quantitative estimate of drug-likeness (QED) is 0.523. The number of hydrogen-bond donors (Lipinski definition) is 0. The van der Waals surface area contributed by atoms with E-state index in [-0.39, 0.29) is 5.78 Å². The SMILES string of the molecule is CCCCCCC(=O)c1ccc(C)c(OC)c1. The van der Waals surface area contributed by atoms with E-state index < -0.39 is 0 Å². The Balaban J connectivity index is 2.57. The first-order valence-corrected chi connectivity index (χ1v) is 6.37. The Labute approximate surface area is 104 Å². The van der Waals surface area contributed by atoms with Crippen molar-refractivity contribution < 1.29 is 9.53 Å². The van der Waals surface area contributed by atoms with E-state index in [9.17, 15) is 4.79 Å². The van der Waals surface area contributed by atoms with Crippen LogP contribution >= 0.6 is 0 Å². The van der Waals surface area contributed by atoms with Gasteiger partial charge in [-0.1, -0.05) is 38.3 Å². The van der Waals surface area contributed by atoms with Crippen molar-refractivity contribution in [2.75, 3.05) is 7.11 Å². The molecule has 1 aromatic rings. The Morgan fingerprint density at radius 2 is 2.00 bits per heavy atom. The molecular formula is C15H22O2. The van der Waals surface area contributed by atoms with Gasteiger partial charge in [0.2, 0.25) is 0 Å². The summed E-state index contributed by atoms with van der Waals surface area (Å²) in [6, 6.07) is 5.68. The molecule has 1 rings (SSSR count). The van der Waals surface area contributed by atoms with E-state index in [1.165, 1.54) is 12.8 Å². The lowest BCUT2D eigenvalue weighted by atomic mass is 10.0. The van der Waals surface area contributed by atoms with Gasteiger partial charge in [-0.05, 0) is 25.0 Å². The van der Waals surface area contributed by atoms with Crippen molar-refractivity contribution in [2.24, 2.45) is 0 Å². The van der Waals surface area contributed by atoms with Gasteiger partial charge < -0.3 is 4.74 Å². The van der Waals surface area contributed by atoms with Crippen LogP contribution in [0.5, 0.6) is 5.75 Å². The van der Waals surface area contributed by atoms with E-state index in [2.05, 4.69) is 6.92 Å². The second-order valence-corrected chi connectivity index (χ2v) is 4.42. The second kappa shape index (κ2) is 7.10. The molecule has 0 aliphatic heterocycles. The van der Waals surface area contributed by atoms with Crippen molar-refractivity contribution in [3.63, 3.8) is 0 Å². The summed E-state index contributed by atoms with van der Waals surface area (Å²) in [5.74, 6) is 1.02. The Bertz CT molecular complexity index is 369. The van der Waals surface area contributed by atoms with Crippen LogP contribution in [0.1, 0.15) is 54.9 Å². The van der Waals surface area contributed by atoms with Crippen LogP contribution in [0, 0.1) is 6.92 Å². The van der Waals surface area contributed by atoms with Gasteiger partial charge in [0.05, 0.1) is 7.11 Å². The van der Waals surface area contributed by atoms with Crippen molar-refractivity contribution in [3.8, 4) is 5.75 Å². The maximum absolute atomic E-state index is 11.9. The number of benzene rings is 1. The molecule has 0 radical (unpaired) electrons. The lowest BCUT2D eigenvalue weighted by molar-refractivity contribution is 0.0979. The Morgan fingerprint density at radius 1 is 1.24 bits per heavy atom. The number of ketones is 1. The van der Waals surface area contributed by atoms with E-state index in [4.69, 9.17) is 4.74 Å². The minimum atomic E-state index is 0.222. The van der Waals surface area contributed by atoms with Gasteiger partial charge >= 0.3 is 0 Å². The van der Waals surface area contributed by atoms with Crippen LogP contribution in [0.15, 0.2) is 18.2 Å². The standard InChI is InChI=1S/C15H22O2/c1-4-5-6-7-8-14(16)13-10-9-12(2)15(11-13)17-3/h9-11H,4-8H2,1-3H3. The monoisotopic (exact) mass is 234 g/mol. The third-order valence-corrected chi connectivity index (χ3v) is 2.99. The van der Waals surface area contributed by atoms with Gasteiger partial charge in [0.15, 0.2) is 5.78 Å². The van der Waals surface area contributed by atoms with Crippen LogP contribution < -0.4 is 4.74 Å². The summed E-state index contributed by atoms with van der Waals surface area (Å²) in [5, 5.41) is 0. The van der Waals surface area contributed by atoms with Crippen molar-refractivity contribution in [3.05, 3.63) is 29.3 Å². The molecule has 17 heavy (non-hydrogen) atoms. The highest BCUT2D eigenvalue weighted by Gasteiger charge is 2.08. The fraction of sp³-hybridized carbons (Fsp3) is 0.533.